The van der Waals surface area contributed by atoms with Crippen LogP contribution in [-0.4, -0.2) is 30.7 Å². The molecule has 0 heterocycles. The molecule has 0 aliphatic heterocycles. The van der Waals surface area contributed by atoms with Crippen molar-refractivity contribution in [3.63, 3.8) is 0 Å². The van der Waals surface area contributed by atoms with Crippen molar-refractivity contribution in [3.8, 4) is 0 Å². The van der Waals surface area contributed by atoms with Gasteiger partial charge in [0.05, 0.1) is 12.1 Å². The zero-order valence-electron chi connectivity index (χ0n) is 10.8. The third-order valence-electron chi connectivity index (χ3n) is 3.28. The van der Waals surface area contributed by atoms with E-state index in [4.69, 9.17) is 10.5 Å². The fourth-order valence-corrected chi connectivity index (χ4v) is 2.21. The molecule has 0 saturated heterocycles. The van der Waals surface area contributed by atoms with Crippen LogP contribution < -0.4 is 11.1 Å². The van der Waals surface area contributed by atoms with Crippen molar-refractivity contribution in [1.29, 1.82) is 0 Å². The van der Waals surface area contributed by atoms with Crippen molar-refractivity contribution in [1.82, 2.24) is 5.32 Å². The Morgan fingerprint density at radius 3 is 2.50 bits per heavy atom. The molecule has 1 saturated carbocycles. The molecule has 110 valence electrons. The van der Waals surface area contributed by atoms with Gasteiger partial charge in [-0.15, -0.1) is 0 Å². The Balaban J connectivity index is 2.13. The second-order valence-electron chi connectivity index (χ2n) is 4.64. The minimum Gasteiger partial charge on any atom is -0.376 e. The SMILES string of the molecule is CCOC1CC(N)C1NC(=O)c1c(F)cc(F)cc1F. The number of halogens is 3. The lowest BCUT2D eigenvalue weighted by molar-refractivity contribution is -0.0301. The van der Waals surface area contributed by atoms with E-state index in [2.05, 4.69) is 5.32 Å². The fourth-order valence-electron chi connectivity index (χ4n) is 2.21. The lowest BCUT2D eigenvalue weighted by Crippen LogP contribution is -2.64. The third kappa shape index (κ3) is 2.78. The Hall–Kier alpha value is -1.60. The molecule has 3 N–H and O–H groups in total. The molecule has 0 radical (unpaired) electrons. The van der Waals surface area contributed by atoms with Gasteiger partial charge in [0.25, 0.3) is 5.91 Å². The molecule has 1 amide bonds. The minimum atomic E-state index is -1.25. The van der Waals surface area contributed by atoms with Crippen molar-refractivity contribution < 1.29 is 22.7 Å². The maximum atomic E-state index is 13.5. The average Bonchev–Trinajstić information content (AvgIpc) is 2.34. The molecule has 7 heteroatoms. The Bertz CT molecular complexity index is 499. The number of rotatable bonds is 4. The van der Waals surface area contributed by atoms with Crippen LogP contribution in [0.25, 0.3) is 0 Å². The first-order valence-electron chi connectivity index (χ1n) is 6.26. The van der Waals surface area contributed by atoms with Gasteiger partial charge in [0.1, 0.15) is 23.0 Å². The predicted octanol–water partition coefficient (Wildman–Crippen LogP) is 1.34. The fraction of sp³-hybridized carbons (Fsp3) is 0.462. The molecule has 1 fully saturated rings. The maximum Gasteiger partial charge on any atom is 0.257 e. The highest BCUT2D eigenvalue weighted by Crippen LogP contribution is 2.23. The number of carbonyl (C=O) groups excluding carboxylic acids is 1. The van der Waals surface area contributed by atoms with Crippen molar-refractivity contribution in [2.45, 2.75) is 31.5 Å². The first-order chi connectivity index (χ1) is 9.43. The number of nitrogens with one attached hydrogen (secondary N) is 1. The summed E-state index contributed by atoms with van der Waals surface area (Å²) in [6, 6.07) is 0.0747. The highest BCUT2D eigenvalue weighted by atomic mass is 19.1. The van der Waals surface area contributed by atoms with Gasteiger partial charge in [-0.2, -0.15) is 0 Å². The number of hydrogen-bond acceptors (Lipinski definition) is 3. The number of ether oxygens (including phenoxy) is 1. The van der Waals surface area contributed by atoms with E-state index in [9.17, 15) is 18.0 Å². The second kappa shape index (κ2) is 5.80. The van der Waals surface area contributed by atoms with Crippen molar-refractivity contribution in [2.75, 3.05) is 6.61 Å². The second-order valence-corrected chi connectivity index (χ2v) is 4.64. The van der Waals surface area contributed by atoms with E-state index in [-0.39, 0.29) is 12.1 Å². The summed E-state index contributed by atoms with van der Waals surface area (Å²) in [5.74, 6) is -4.55. The zero-order chi connectivity index (χ0) is 14.9. The van der Waals surface area contributed by atoms with Crippen LogP contribution in [0.2, 0.25) is 0 Å². The molecule has 0 aromatic heterocycles. The number of carbonyl (C=O) groups is 1. The van der Waals surface area contributed by atoms with E-state index < -0.39 is 35.0 Å². The number of nitrogens with two attached hydrogens (primary N) is 1. The predicted molar refractivity (Wildman–Crippen MR) is 65.6 cm³/mol. The summed E-state index contributed by atoms with van der Waals surface area (Å²) in [6.07, 6.45) is 0.290. The summed E-state index contributed by atoms with van der Waals surface area (Å²) >= 11 is 0. The van der Waals surface area contributed by atoms with E-state index >= 15 is 0 Å². The molecule has 1 aliphatic rings. The van der Waals surface area contributed by atoms with Gasteiger partial charge in [0.2, 0.25) is 0 Å². The molecular formula is C13H15F3N2O2. The monoisotopic (exact) mass is 288 g/mol. The van der Waals surface area contributed by atoms with Gasteiger partial charge in [-0.3, -0.25) is 4.79 Å². The molecule has 1 aliphatic carbocycles. The van der Waals surface area contributed by atoms with Gasteiger partial charge < -0.3 is 15.8 Å². The van der Waals surface area contributed by atoms with Gasteiger partial charge in [-0.1, -0.05) is 0 Å². The summed E-state index contributed by atoms with van der Waals surface area (Å²) in [5, 5.41) is 2.43. The van der Waals surface area contributed by atoms with E-state index in [1.54, 1.807) is 6.92 Å². The van der Waals surface area contributed by atoms with Crippen molar-refractivity contribution in [2.24, 2.45) is 5.73 Å². The lowest BCUT2D eigenvalue weighted by atomic mass is 9.83. The third-order valence-corrected chi connectivity index (χ3v) is 3.28. The topological polar surface area (TPSA) is 64.3 Å². The number of hydrogen-bond donors (Lipinski definition) is 2. The van der Waals surface area contributed by atoms with Crippen LogP contribution in [0.3, 0.4) is 0 Å². The standard InChI is InChI=1S/C13H15F3N2O2/c1-2-20-10-5-9(17)12(10)18-13(19)11-7(15)3-6(14)4-8(11)16/h3-4,9-10,12H,2,5,17H2,1H3,(H,18,19). The maximum absolute atomic E-state index is 13.5. The molecule has 1 aromatic carbocycles. The van der Waals surface area contributed by atoms with Gasteiger partial charge in [-0.05, 0) is 13.3 Å². The smallest absolute Gasteiger partial charge is 0.257 e. The molecule has 3 unspecified atom stereocenters. The van der Waals surface area contributed by atoms with E-state index in [1.807, 2.05) is 0 Å². The molecule has 2 rings (SSSR count). The van der Waals surface area contributed by atoms with Crippen LogP contribution in [0.4, 0.5) is 13.2 Å². The largest absolute Gasteiger partial charge is 0.376 e. The lowest BCUT2D eigenvalue weighted by Gasteiger charge is -2.42. The molecule has 0 spiro atoms. The summed E-state index contributed by atoms with van der Waals surface area (Å²) in [6.45, 7) is 2.24. The van der Waals surface area contributed by atoms with Gasteiger partial charge in [0, 0.05) is 24.8 Å². The summed E-state index contributed by atoms with van der Waals surface area (Å²) in [5.41, 5.74) is 4.91. The molecule has 4 nitrogen and oxygen atoms in total. The first kappa shape index (κ1) is 14.8. The van der Waals surface area contributed by atoms with Crippen LogP contribution in [-0.2, 0) is 4.74 Å². The molecule has 3 atom stereocenters. The van der Waals surface area contributed by atoms with E-state index in [1.165, 1.54) is 0 Å². The van der Waals surface area contributed by atoms with Gasteiger partial charge in [0.15, 0.2) is 0 Å². The first-order valence-corrected chi connectivity index (χ1v) is 6.26. The Labute approximate surface area is 114 Å². The van der Waals surface area contributed by atoms with Gasteiger partial charge >= 0.3 is 0 Å². The minimum absolute atomic E-state index is 0.273. The Kier molecular flexibility index (Phi) is 4.29. The molecule has 20 heavy (non-hydrogen) atoms. The van der Waals surface area contributed by atoms with Gasteiger partial charge in [-0.25, -0.2) is 13.2 Å². The highest BCUT2D eigenvalue weighted by Gasteiger charge is 2.41. The Morgan fingerprint density at radius 1 is 1.40 bits per heavy atom. The van der Waals surface area contributed by atoms with E-state index in [0.29, 0.717) is 25.2 Å². The Morgan fingerprint density at radius 2 is 2.00 bits per heavy atom. The van der Waals surface area contributed by atoms with Crippen LogP contribution in [0.5, 0.6) is 0 Å². The van der Waals surface area contributed by atoms with Crippen molar-refractivity contribution in [3.05, 3.63) is 35.1 Å². The molecule has 1 aromatic rings. The van der Waals surface area contributed by atoms with E-state index in [0.717, 1.165) is 0 Å². The molecular weight excluding hydrogens is 273 g/mol. The number of amides is 1. The van der Waals surface area contributed by atoms with Crippen LogP contribution in [0.1, 0.15) is 23.7 Å². The number of benzene rings is 1. The summed E-state index contributed by atoms with van der Waals surface area (Å²) in [4.78, 5) is 11.9. The zero-order valence-corrected chi connectivity index (χ0v) is 10.8. The highest BCUT2D eigenvalue weighted by molar-refractivity contribution is 5.95. The summed E-state index contributed by atoms with van der Waals surface area (Å²) in [7, 11) is 0. The van der Waals surface area contributed by atoms with Crippen LogP contribution >= 0.6 is 0 Å². The normalized spacial score (nSPS) is 25.1. The van der Waals surface area contributed by atoms with Crippen LogP contribution in [0, 0.1) is 17.5 Å². The van der Waals surface area contributed by atoms with Crippen LogP contribution in [0.15, 0.2) is 12.1 Å². The molecule has 0 bridgehead atoms. The summed E-state index contributed by atoms with van der Waals surface area (Å²) < 4.78 is 45.1. The average molecular weight is 288 g/mol. The quantitative estimate of drug-likeness (QED) is 0.878. The van der Waals surface area contributed by atoms with Crippen molar-refractivity contribution >= 4 is 5.91 Å².